The first-order valence-corrected chi connectivity index (χ1v) is 15.1. The summed E-state index contributed by atoms with van der Waals surface area (Å²) in [7, 11) is 0. The van der Waals surface area contributed by atoms with Crippen molar-refractivity contribution in [2.45, 2.75) is 50.7 Å². The van der Waals surface area contributed by atoms with E-state index in [-0.39, 0.29) is 5.91 Å². The Hall–Kier alpha value is -2.98. The zero-order chi connectivity index (χ0) is 28.5. The zero-order valence-electron chi connectivity index (χ0n) is 24.1. The Balaban J connectivity index is 1.29. The van der Waals surface area contributed by atoms with Crippen molar-refractivity contribution in [1.29, 1.82) is 0 Å². The van der Waals surface area contributed by atoms with E-state index in [9.17, 15) is 9.90 Å². The summed E-state index contributed by atoms with van der Waals surface area (Å²) in [6.45, 7) is 13.3. The summed E-state index contributed by atoms with van der Waals surface area (Å²) in [5.41, 5.74) is 2.71. The summed E-state index contributed by atoms with van der Waals surface area (Å²) in [4.78, 5) is 27.6. The van der Waals surface area contributed by atoms with E-state index in [0.717, 1.165) is 73.3 Å². The van der Waals surface area contributed by atoms with Crippen molar-refractivity contribution in [2.75, 3.05) is 50.3 Å². The van der Waals surface area contributed by atoms with Crippen LogP contribution in [0.5, 0.6) is 0 Å². The van der Waals surface area contributed by atoms with E-state index in [2.05, 4.69) is 63.6 Å². The van der Waals surface area contributed by atoms with Gasteiger partial charge < -0.3 is 20.6 Å². The van der Waals surface area contributed by atoms with Crippen molar-refractivity contribution in [3.8, 4) is 11.3 Å². The first kappa shape index (κ1) is 30.0. The highest BCUT2D eigenvalue weighted by molar-refractivity contribution is 7.99. The predicted molar refractivity (Wildman–Crippen MR) is 164 cm³/mol. The number of hydrogen-bond donors (Lipinski definition) is 3. The SMILES string of the molecule is CC(C)NCCN1CCN(C(=O)c2ccc(Nc3nccc(-c4ccc(SCCC(C)(C)O)cc4)n3)cc2)CC1. The number of aliphatic hydroxyl groups is 1. The molecular weight excluding hydrogens is 520 g/mol. The third-order valence-electron chi connectivity index (χ3n) is 6.82. The Bertz CT molecular complexity index is 1220. The maximum Gasteiger partial charge on any atom is 0.253 e. The van der Waals surface area contributed by atoms with Gasteiger partial charge in [0.2, 0.25) is 5.95 Å². The topological polar surface area (TPSA) is 93.6 Å². The number of nitrogens with one attached hydrogen (secondary N) is 2. The molecule has 2 aromatic carbocycles. The minimum absolute atomic E-state index is 0.0754. The Morgan fingerprint density at radius 3 is 2.38 bits per heavy atom. The molecule has 0 radical (unpaired) electrons. The van der Waals surface area contributed by atoms with Crippen LogP contribution in [-0.2, 0) is 0 Å². The van der Waals surface area contributed by atoms with Gasteiger partial charge in [-0.15, -0.1) is 11.8 Å². The van der Waals surface area contributed by atoms with Crippen molar-refractivity contribution >= 4 is 29.3 Å². The zero-order valence-corrected chi connectivity index (χ0v) is 24.9. The van der Waals surface area contributed by atoms with E-state index < -0.39 is 5.60 Å². The van der Waals surface area contributed by atoms with Crippen molar-refractivity contribution in [2.24, 2.45) is 0 Å². The van der Waals surface area contributed by atoms with Gasteiger partial charge in [-0.1, -0.05) is 26.0 Å². The molecule has 1 aliphatic heterocycles. The van der Waals surface area contributed by atoms with Gasteiger partial charge in [0.1, 0.15) is 0 Å². The largest absolute Gasteiger partial charge is 0.390 e. The molecular formula is C31H42N6O2S. The number of carbonyl (C=O) groups excluding carboxylic acids is 1. The number of piperazine rings is 1. The van der Waals surface area contributed by atoms with E-state index in [0.29, 0.717) is 17.6 Å². The van der Waals surface area contributed by atoms with Crippen LogP contribution >= 0.6 is 11.8 Å². The highest BCUT2D eigenvalue weighted by Crippen LogP contribution is 2.26. The van der Waals surface area contributed by atoms with Crippen LogP contribution in [-0.4, -0.2) is 87.4 Å². The number of rotatable bonds is 12. The summed E-state index contributed by atoms with van der Waals surface area (Å²) in [6, 6.07) is 18.2. The van der Waals surface area contributed by atoms with Gasteiger partial charge in [0.05, 0.1) is 11.3 Å². The monoisotopic (exact) mass is 562 g/mol. The third kappa shape index (κ3) is 9.30. The number of amides is 1. The van der Waals surface area contributed by atoms with Crippen LogP contribution in [0.15, 0.2) is 65.7 Å². The average molecular weight is 563 g/mol. The predicted octanol–water partition coefficient (Wildman–Crippen LogP) is 4.90. The van der Waals surface area contributed by atoms with Gasteiger partial charge in [0.15, 0.2) is 0 Å². The Morgan fingerprint density at radius 2 is 1.73 bits per heavy atom. The van der Waals surface area contributed by atoms with Crippen LogP contribution in [0.1, 0.15) is 44.5 Å². The number of aromatic nitrogens is 2. The molecule has 8 nitrogen and oxygen atoms in total. The number of benzene rings is 2. The second-order valence-corrected chi connectivity index (χ2v) is 12.3. The summed E-state index contributed by atoms with van der Waals surface area (Å²) >= 11 is 1.74. The minimum atomic E-state index is -0.645. The molecule has 1 amide bonds. The number of carbonyl (C=O) groups is 1. The third-order valence-corrected chi connectivity index (χ3v) is 7.83. The standard InChI is InChI=1S/C31H42N6O2S/c1-23(2)32-16-17-36-18-20-37(21-19-36)29(38)25-5-9-26(10-6-25)34-30-33-15-13-28(35-30)24-7-11-27(12-8-24)40-22-14-31(3,4)39/h5-13,15,23,32,39H,14,16-22H2,1-4H3,(H,33,34,35). The van der Waals surface area contributed by atoms with Crippen molar-refractivity contribution in [3.63, 3.8) is 0 Å². The molecule has 1 aliphatic rings. The molecule has 4 rings (SSSR count). The number of nitrogens with zero attached hydrogens (tertiary/aromatic N) is 4. The molecule has 0 unspecified atom stereocenters. The van der Waals surface area contributed by atoms with Gasteiger partial charge in [-0.2, -0.15) is 0 Å². The Morgan fingerprint density at radius 1 is 1.02 bits per heavy atom. The molecule has 9 heteroatoms. The molecule has 1 fully saturated rings. The number of thioether (sulfide) groups is 1. The van der Waals surface area contributed by atoms with Gasteiger partial charge in [-0.3, -0.25) is 9.69 Å². The van der Waals surface area contributed by atoms with Crippen LogP contribution in [0, 0.1) is 0 Å². The van der Waals surface area contributed by atoms with Gasteiger partial charge in [-0.25, -0.2) is 9.97 Å². The molecule has 0 spiro atoms. The Labute approximate surface area is 242 Å². The summed E-state index contributed by atoms with van der Waals surface area (Å²) in [5, 5.41) is 16.6. The number of anilines is 2. The second-order valence-electron chi connectivity index (χ2n) is 11.1. The molecule has 1 aromatic heterocycles. The highest BCUT2D eigenvalue weighted by Gasteiger charge is 2.22. The lowest BCUT2D eigenvalue weighted by atomic mass is 10.1. The van der Waals surface area contributed by atoms with Crippen LogP contribution in [0.2, 0.25) is 0 Å². The normalized spacial score (nSPS) is 14.5. The van der Waals surface area contributed by atoms with E-state index in [1.54, 1.807) is 18.0 Å². The molecule has 3 N–H and O–H groups in total. The first-order chi connectivity index (χ1) is 19.2. The molecule has 214 valence electrons. The van der Waals surface area contributed by atoms with Crippen molar-refractivity contribution in [3.05, 3.63) is 66.4 Å². The van der Waals surface area contributed by atoms with Gasteiger partial charge in [0.25, 0.3) is 5.91 Å². The van der Waals surface area contributed by atoms with Crippen molar-refractivity contribution < 1.29 is 9.90 Å². The first-order valence-electron chi connectivity index (χ1n) is 14.1. The number of hydrogen-bond acceptors (Lipinski definition) is 8. The van der Waals surface area contributed by atoms with E-state index in [1.165, 1.54) is 0 Å². The fraction of sp³-hybridized carbons (Fsp3) is 0.452. The van der Waals surface area contributed by atoms with Crippen molar-refractivity contribution in [1.82, 2.24) is 25.1 Å². The van der Waals surface area contributed by atoms with Crippen LogP contribution in [0.25, 0.3) is 11.3 Å². The van der Waals surface area contributed by atoms with Gasteiger partial charge in [0, 0.05) is 79.0 Å². The maximum absolute atomic E-state index is 13.0. The molecule has 40 heavy (non-hydrogen) atoms. The molecule has 1 saturated heterocycles. The smallest absolute Gasteiger partial charge is 0.253 e. The maximum atomic E-state index is 13.0. The van der Waals surface area contributed by atoms with Gasteiger partial charge in [-0.05, 0) is 62.7 Å². The fourth-order valence-corrected chi connectivity index (χ4v) is 5.58. The fourth-order valence-electron chi connectivity index (χ4n) is 4.41. The van der Waals surface area contributed by atoms with Gasteiger partial charge >= 0.3 is 0 Å². The van der Waals surface area contributed by atoms with E-state index >= 15 is 0 Å². The summed E-state index contributed by atoms with van der Waals surface area (Å²) in [5.74, 6) is 1.44. The molecule has 0 bridgehead atoms. The highest BCUT2D eigenvalue weighted by atomic mass is 32.2. The quantitative estimate of drug-likeness (QED) is 0.269. The van der Waals surface area contributed by atoms with E-state index in [4.69, 9.17) is 0 Å². The van der Waals surface area contributed by atoms with Crippen LogP contribution in [0.4, 0.5) is 11.6 Å². The van der Waals surface area contributed by atoms with Crippen LogP contribution < -0.4 is 10.6 Å². The Kier molecular flexibility index (Phi) is 10.6. The van der Waals surface area contributed by atoms with Crippen LogP contribution in [0.3, 0.4) is 0 Å². The second kappa shape index (κ2) is 14.1. The lowest BCUT2D eigenvalue weighted by Gasteiger charge is -2.35. The van der Waals surface area contributed by atoms with E-state index in [1.807, 2.05) is 49.1 Å². The molecule has 2 heterocycles. The summed E-state index contributed by atoms with van der Waals surface area (Å²) < 4.78 is 0. The minimum Gasteiger partial charge on any atom is -0.390 e. The average Bonchev–Trinajstić information content (AvgIpc) is 2.93. The molecule has 0 aliphatic carbocycles. The lowest BCUT2D eigenvalue weighted by molar-refractivity contribution is 0.0638. The summed E-state index contributed by atoms with van der Waals surface area (Å²) in [6.07, 6.45) is 2.48. The molecule has 0 saturated carbocycles. The lowest BCUT2D eigenvalue weighted by Crippen LogP contribution is -2.50. The molecule has 0 atom stereocenters. The molecule has 3 aromatic rings.